The number of rotatable bonds is 6. The van der Waals surface area contributed by atoms with Crippen LogP contribution in [0.15, 0.2) is 60.0 Å². The van der Waals surface area contributed by atoms with Crippen LogP contribution in [0.3, 0.4) is 0 Å². The number of hydrogen-bond acceptors (Lipinski definition) is 7. The van der Waals surface area contributed by atoms with Gasteiger partial charge in [-0.25, -0.2) is 4.68 Å². The Morgan fingerprint density at radius 3 is 2.69 bits per heavy atom. The summed E-state index contributed by atoms with van der Waals surface area (Å²) in [5, 5.41) is 9.42. The fourth-order valence-electron chi connectivity index (χ4n) is 3.23. The van der Waals surface area contributed by atoms with E-state index in [0.29, 0.717) is 34.6 Å². The predicted molar refractivity (Wildman–Crippen MR) is 121 cm³/mol. The summed E-state index contributed by atoms with van der Waals surface area (Å²) in [6.45, 7) is 4.04. The summed E-state index contributed by atoms with van der Waals surface area (Å²) in [7, 11) is 0. The van der Waals surface area contributed by atoms with Crippen LogP contribution in [0.5, 0.6) is 17.5 Å². The van der Waals surface area contributed by atoms with Gasteiger partial charge in [0.05, 0.1) is 16.7 Å². The number of benzene rings is 2. The van der Waals surface area contributed by atoms with Crippen LogP contribution in [-0.4, -0.2) is 33.6 Å². The number of nitrogens with zero attached hydrogens (tertiary/aromatic N) is 3. The van der Waals surface area contributed by atoms with Gasteiger partial charge in [0.2, 0.25) is 6.79 Å². The fraction of sp³-hybridized carbons (Fsp3) is 0.174. The second kappa shape index (κ2) is 8.35. The average molecular weight is 449 g/mol. The van der Waals surface area contributed by atoms with Crippen molar-refractivity contribution in [2.24, 2.45) is 0 Å². The third-order valence-electron chi connectivity index (χ3n) is 4.67. The van der Waals surface area contributed by atoms with Gasteiger partial charge in [0, 0.05) is 11.3 Å². The van der Waals surface area contributed by atoms with E-state index in [1.54, 1.807) is 34.2 Å². The molecule has 0 bridgehead atoms. The number of amides is 1. The highest BCUT2D eigenvalue weighted by Crippen LogP contribution is 2.33. The second-order valence-corrected chi connectivity index (χ2v) is 8.29. The van der Waals surface area contributed by atoms with Gasteiger partial charge in [-0.2, -0.15) is 4.98 Å². The lowest BCUT2D eigenvalue weighted by Gasteiger charge is -2.08. The molecule has 2 aromatic carbocycles. The zero-order valence-corrected chi connectivity index (χ0v) is 18.3. The highest BCUT2D eigenvalue weighted by molar-refractivity contribution is 7.13. The third kappa shape index (κ3) is 4.02. The number of carbonyl (C=O) groups is 1. The molecule has 32 heavy (non-hydrogen) atoms. The lowest BCUT2D eigenvalue weighted by Crippen LogP contribution is -2.12. The molecule has 8 nitrogen and oxygen atoms in total. The fourth-order valence-corrected chi connectivity index (χ4v) is 3.92. The normalized spacial score (nSPS) is 12.2. The highest BCUT2D eigenvalue weighted by Gasteiger charge is 2.18. The van der Waals surface area contributed by atoms with E-state index in [0.717, 1.165) is 10.6 Å². The van der Waals surface area contributed by atoms with E-state index < -0.39 is 0 Å². The van der Waals surface area contributed by atoms with Gasteiger partial charge in [0.25, 0.3) is 5.91 Å². The molecular weight excluding hydrogens is 428 g/mol. The van der Waals surface area contributed by atoms with Gasteiger partial charge in [0.1, 0.15) is 0 Å². The number of ether oxygens (including phenoxy) is 3. The average Bonchev–Trinajstić information content (AvgIpc) is 3.53. The molecule has 1 amide bonds. The molecule has 5 rings (SSSR count). The number of nitrogens with one attached hydrogen (secondary N) is 1. The van der Waals surface area contributed by atoms with Crippen molar-refractivity contribution >= 4 is 22.9 Å². The van der Waals surface area contributed by atoms with Gasteiger partial charge in [0.15, 0.2) is 17.3 Å². The van der Waals surface area contributed by atoms with Gasteiger partial charge < -0.3 is 19.5 Å². The molecule has 0 unspecified atom stereocenters. The van der Waals surface area contributed by atoms with Crippen LogP contribution in [0, 0.1) is 0 Å². The Labute approximate surface area is 188 Å². The van der Waals surface area contributed by atoms with E-state index in [1.165, 1.54) is 0 Å². The smallest absolute Gasteiger partial charge is 0.336 e. The minimum Gasteiger partial charge on any atom is -0.460 e. The largest absolute Gasteiger partial charge is 0.460 e. The zero-order chi connectivity index (χ0) is 22.1. The molecule has 0 atom stereocenters. The van der Waals surface area contributed by atoms with Gasteiger partial charge >= 0.3 is 6.01 Å². The minimum atomic E-state index is -0.233. The van der Waals surface area contributed by atoms with Crippen LogP contribution in [0.25, 0.3) is 16.4 Å². The molecule has 0 aliphatic carbocycles. The van der Waals surface area contributed by atoms with Crippen LogP contribution in [0.4, 0.5) is 5.69 Å². The second-order valence-electron chi connectivity index (χ2n) is 7.34. The highest BCUT2D eigenvalue weighted by atomic mass is 32.1. The van der Waals surface area contributed by atoms with Crippen molar-refractivity contribution in [2.75, 3.05) is 12.1 Å². The molecule has 0 spiro atoms. The van der Waals surface area contributed by atoms with Crippen molar-refractivity contribution in [3.8, 4) is 33.9 Å². The Kier molecular flexibility index (Phi) is 5.24. The first kappa shape index (κ1) is 20.1. The van der Waals surface area contributed by atoms with Gasteiger partial charge in [-0.05, 0) is 67.8 Å². The van der Waals surface area contributed by atoms with Crippen LogP contribution in [0.2, 0.25) is 0 Å². The molecule has 2 aromatic heterocycles. The molecule has 3 heterocycles. The van der Waals surface area contributed by atoms with E-state index in [1.807, 2.05) is 55.6 Å². The quantitative estimate of drug-likeness (QED) is 0.457. The first-order chi connectivity index (χ1) is 15.6. The number of aromatic nitrogens is 3. The monoisotopic (exact) mass is 448 g/mol. The molecule has 0 fully saturated rings. The maximum absolute atomic E-state index is 12.6. The number of anilines is 1. The lowest BCUT2D eigenvalue weighted by molar-refractivity contribution is 0.102. The Morgan fingerprint density at radius 1 is 1.12 bits per heavy atom. The summed E-state index contributed by atoms with van der Waals surface area (Å²) in [4.78, 5) is 18.2. The predicted octanol–water partition coefficient (Wildman–Crippen LogP) is 4.76. The van der Waals surface area contributed by atoms with Gasteiger partial charge in [-0.3, -0.25) is 4.79 Å². The topological polar surface area (TPSA) is 87.5 Å². The molecular formula is C23H20N4O4S. The Hall–Kier alpha value is -3.85. The summed E-state index contributed by atoms with van der Waals surface area (Å²) >= 11 is 1.58. The van der Waals surface area contributed by atoms with Crippen molar-refractivity contribution in [2.45, 2.75) is 20.0 Å². The van der Waals surface area contributed by atoms with Gasteiger partial charge in [-0.1, -0.05) is 6.07 Å². The van der Waals surface area contributed by atoms with Crippen LogP contribution >= 0.6 is 11.3 Å². The number of carbonyl (C=O) groups excluding carboxylic acids is 1. The number of thiophene rings is 1. The minimum absolute atomic E-state index is 0.0317. The van der Waals surface area contributed by atoms with Crippen LogP contribution in [-0.2, 0) is 0 Å². The standard InChI is InChI=1S/C23H20N4O4S/c1-14(2)31-23-25-21(20-4-3-11-32-20)27(26-23)17-8-6-16(7-9-17)24-22(28)15-5-10-18-19(12-15)30-13-29-18/h3-12,14H,13H2,1-2H3,(H,24,28). The molecule has 0 radical (unpaired) electrons. The van der Waals surface area contributed by atoms with E-state index in [2.05, 4.69) is 15.4 Å². The molecule has 1 aliphatic rings. The molecule has 4 aromatic rings. The van der Waals surface area contributed by atoms with Gasteiger partial charge in [-0.15, -0.1) is 16.4 Å². The zero-order valence-electron chi connectivity index (χ0n) is 17.4. The summed E-state index contributed by atoms with van der Waals surface area (Å²) in [6.07, 6.45) is -0.0317. The Bertz CT molecular complexity index is 1250. The maximum atomic E-state index is 12.6. The number of fused-ring (bicyclic) bond motifs is 1. The van der Waals surface area contributed by atoms with E-state index in [9.17, 15) is 4.79 Å². The van der Waals surface area contributed by atoms with E-state index >= 15 is 0 Å². The molecule has 1 aliphatic heterocycles. The first-order valence-electron chi connectivity index (χ1n) is 10.1. The molecule has 9 heteroatoms. The first-order valence-corrected chi connectivity index (χ1v) is 10.9. The molecule has 162 valence electrons. The van der Waals surface area contributed by atoms with E-state index in [4.69, 9.17) is 14.2 Å². The van der Waals surface area contributed by atoms with Crippen molar-refractivity contribution in [1.82, 2.24) is 14.8 Å². The number of hydrogen-bond donors (Lipinski definition) is 1. The van der Waals surface area contributed by atoms with Crippen molar-refractivity contribution in [3.05, 3.63) is 65.5 Å². The SMILES string of the molecule is CC(C)Oc1nc(-c2cccs2)n(-c2ccc(NC(=O)c3ccc4c(c3)OCO4)cc2)n1. The molecule has 0 saturated heterocycles. The third-order valence-corrected chi connectivity index (χ3v) is 5.54. The Balaban J connectivity index is 1.38. The molecule has 1 N–H and O–H groups in total. The van der Waals surface area contributed by atoms with Crippen LogP contribution < -0.4 is 19.5 Å². The maximum Gasteiger partial charge on any atom is 0.336 e. The Morgan fingerprint density at radius 2 is 1.94 bits per heavy atom. The van der Waals surface area contributed by atoms with Crippen LogP contribution in [0.1, 0.15) is 24.2 Å². The molecule has 0 saturated carbocycles. The summed E-state index contributed by atoms with van der Waals surface area (Å²) in [5.74, 6) is 1.68. The van der Waals surface area contributed by atoms with E-state index in [-0.39, 0.29) is 18.8 Å². The van der Waals surface area contributed by atoms with Crippen molar-refractivity contribution in [1.29, 1.82) is 0 Å². The van der Waals surface area contributed by atoms with Crippen molar-refractivity contribution < 1.29 is 19.0 Å². The lowest BCUT2D eigenvalue weighted by atomic mass is 10.2. The summed E-state index contributed by atoms with van der Waals surface area (Å²) < 4.78 is 18.1. The summed E-state index contributed by atoms with van der Waals surface area (Å²) in [5.41, 5.74) is 1.96. The van der Waals surface area contributed by atoms with Crippen molar-refractivity contribution in [3.63, 3.8) is 0 Å². The summed E-state index contributed by atoms with van der Waals surface area (Å²) in [6, 6.07) is 16.8.